The van der Waals surface area contributed by atoms with Crippen LogP contribution >= 0.6 is 11.3 Å². The van der Waals surface area contributed by atoms with Crippen LogP contribution in [0.15, 0.2) is 48.5 Å². The van der Waals surface area contributed by atoms with Crippen LogP contribution in [0.2, 0.25) is 0 Å². The molecule has 1 amide bonds. The molecule has 3 aromatic rings. The predicted octanol–water partition coefficient (Wildman–Crippen LogP) is 3.91. The Kier molecular flexibility index (Phi) is 4.55. The summed E-state index contributed by atoms with van der Waals surface area (Å²) in [6.07, 6.45) is 1.91. The Bertz CT molecular complexity index is 942. The van der Waals surface area contributed by atoms with Gasteiger partial charge in [-0.2, -0.15) is 5.26 Å². The monoisotopic (exact) mass is 363 g/mol. The highest BCUT2D eigenvalue weighted by Crippen LogP contribution is 2.36. The number of ether oxygens (including phenoxy) is 1. The molecule has 26 heavy (non-hydrogen) atoms. The molecule has 1 atom stereocenters. The first kappa shape index (κ1) is 16.6. The van der Waals surface area contributed by atoms with Gasteiger partial charge in [-0.3, -0.25) is 4.79 Å². The van der Waals surface area contributed by atoms with E-state index in [2.05, 4.69) is 12.1 Å². The van der Waals surface area contributed by atoms with Gasteiger partial charge >= 0.3 is 0 Å². The van der Waals surface area contributed by atoms with E-state index in [9.17, 15) is 4.79 Å². The molecule has 0 aliphatic carbocycles. The molecular formula is C20H17N3O2S. The summed E-state index contributed by atoms with van der Waals surface area (Å²) in [5, 5.41) is 9.82. The van der Waals surface area contributed by atoms with Crippen LogP contribution in [0, 0.1) is 11.3 Å². The molecule has 1 aliphatic heterocycles. The molecule has 2 heterocycles. The maximum atomic E-state index is 12.7. The van der Waals surface area contributed by atoms with Gasteiger partial charge in [0.25, 0.3) is 5.91 Å². The van der Waals surface area contributed by atoms with Gasteiger partial charge in [0.2, 0.25) is 0 Å². The second kappa shape index (κ2) is 7.14. The summed E-state index contributed by atoms with van der Waals surface area (Å²) in [6, 6.07) is 16.9. The van der Waals surface area contributed by atoms with Gasteiger partial charge < -0.3 is 9.64 Å². The Balaban J connectivity index is 1.45. The number of benzene rings is 2. The number of amides is 1. The second-order valence-electron chi connectivity index (χ2n) is 6.19. The maximum absolute atomic E-state index is 12.7. The largest absolute Gasteiger partial charge is 0.484 e. The molecule has 0 saturated carbocycles. The van der Waals surface area contributed by atoms with Gasteiger partial charge in [0.1, 0.15) is 10.8 Å². The van der Waals surface area contributed by atoms with E-state index in [1.807, 2.05) is 23.1 Å². The SMILES string of the molecule is N#Cc1ccc(OCC(=O)N2CCC[C@@H]2c2nc3ccccc3s2)cc1. The summed E-state index contributed by atoms with van der Waals surface area (Å²) in [5.74, 6) is 0.559. The number of rotatable bonds is 4. The topological polar surface area (TPSA) is 66.2 Å². The number of aromatic nitrogens is 1. The first-order valence-corrected chi connectivity index (χ1v) is 9.34. The third-order valence-corrected chi connectivity index (χ3v) is 5.65. The zero-order valence-corrected chi connectivity index (χ0v) is 14.9. The van der Waals surface area contributed by atoms with E-state index in [1.165, 1.54) is 0 Å². The molecule has 0 N–H and O–H groups in total. The number of fused-ring (bicyclic) bond motifs is 1. The lowest BCUT2D eigenvalue weighted by molar-refractivity contribution is -0.134. The van der Waals surface area contributed by atoms with Crippen LogP contribution in [0.3, 0.4) is 0 Å². The quantitative estimate of drug-likeness (QED) is 0.705. The van der Waals surface area contributed by atoms with Crippen LogP contribution in [0.5, 0.6) is 5.75 Å². The van der Waals surface area contributed by atoms with Gasteiger partial charge in [0.15, 0.2) is 6.61 Å². The third-order valence-electron chi connectivity index (χ3n) is 4.51. The molecule has 6 heteroatoms. The van der Waals surface area contributed by atoms with Crippen molar-refractivity contribution in [2.45, 2.75) is 18.9 Å². The Labute approximate surface area is 155 Å². The van der Waals surface area contributed by atoms with E-state index in [-0.39, 0.29) is 18.6 Å². The maximum Gasteiger partial charge on any atom is 0.261 e. The number of thiazole rings is 1. The second-order valence-corrected chi connectivity index (χ2v) is 7.25. The Hall–Kier alpha value is -2.91. The molecule has 0 radical (unpaired) electrons. The number of carbonyl (C=O) groups excluding carboxylic acids is 1. The van der Waals surface area contributed by atoms with Gasteiger partial charge in [-0.25, -0.2) is 4.98 Å². The summed E-state index contributed by atoms with van der Waals surface area (Å²) < 4.78 is 6.75. The average molecular weight is 363 g/mol. The first-order chi connectivity index (χ1) is 12.7. The molecule has 5 nitrogen and oxygen atoms in total. The van der Waals surface area contributed by atoms with Gasteiger partial charge in [-0.05, 0) is 49.2 Å². The van der Waals surface area contributed by atoms with E-state index in [1.54, 1.807) is 35.6 Å². The van der Waals surface area contributed by atoms with Crippen molar-refractivity contribution >= 4 is 27.5 Å². The number of likely N-dealkylation sites (tertiary alicyclic amines) is 1. The zero-order chi connectivity index (χ0) is 17.9. The van der Waals surface area contributed by atoms with Crippen molar-refractivity contribution in [3.8, 4) is 11.8 Å². The fraction of sp³-hybridized carbons (Fsp3) is 0.250. The van der Waals surface area contributed by atoms with Crippen molar-refractivity contribution in [2.75, 3.05) is 13.2 Å². The van der Waals surface area contributed by atoms with Crippen LogP contribution in [0.1, 0.15) is 29.5 Å². The summed E-state index contributed by atoms with van der Waals surface area (Å²) in [4.78, 5) is 19.3. The summed E-state index contributed by atoms with van der Waals surface area (Å²) in [7, 11) is 0. The number of para-hydroxylation sites is 1. The van der Waals surface area contributed by atoms with Gasteiger partial charge in [0.05, 0.1) is 27.9 Å². The van der Waals surface area contributed by atoms with Crippen molar-refractivity contribution in [1.82, 2.24) is 9.88 Å². The van der Waals surface area contributed by atoms with E-state index < -0.39 is 0 Å². The lowest BCUT2D eigenvalue weighted by Gasteiger charge is -2.23. The van der Waals surface area contributed by atoms with Gasteiger partial charge in [-0.1, -0.05) is 12.1 Å². The van der Waals surface area contributed by atoms with Crippen molar-refractivity contribution in [2.24, 2.45) is 0 Å². The lowest BCUT2D eigenvalue weighted by atomic mass is 10.2. The first-order valence-electron chi connectivity index (χ1n) is 8.52. The number of nitriles is 1. The molecule has 1 fully saturated rings. The predicted molar refractivity (Wildman–Crippen MR) is 100.0 cm³/mol. The van der Waals surface area contributed by atoms with Crippen LogP contribution in [-0.2, 0) is 4.79 Å². The average Bonchev–Trinajstić information content (AvgIpc) is 3.32. The molecule has 1 aliphatic rings. The standard InChI is InChI=1S/C20H17N3O2S/c21-12-14-7-9-15(10-8-14)25-13-19(24)23-11-3-5-17(23)20-22-16-4-1-2-6-18(16)26-20/h1-2,4,6-10,17H,3,5,11,13H2/t17-/m1/s1. The Morgan fingerprint density at radius 3 is 2.85 bits per heavy atom. The third kappa shape index (κ3) is 3.26. The molecule has 1 aromatic heterocycles. The van der Waals surface area contributed by atoms with E-state index in [0.29, 0.717) is 11.3 Å². The van der Waals surface area contributed by atoms with Gasteiger partial charge in [0, 0.05) is 6.54 Å². The smallest absolute Gasteiger partial charge is 0.261 e. The minimum absolute atomic E-state index is 0.00665. The van der Waals surface area contributed by atoms with Crippen LogP contribution in [-0.4, -0.2) is 28.9 Å². The molecule has 1 saturated heterocycles. The highest BCUT2D eigenvalue weighted by molar-refractivity contribution is 7.18. The van der Waals surface area contributed by atoms with Crippen LogP contribution < -0.4 is 4.74 Å². The fourth-order valence-electron chi connectivity index (χ4n) is 3.21. The number of nitrogens with zero attached hydrogens (tertiary/aromatic N) is 3. The highest BCUT2D eigenvalue weighted by Gasteiger charge is 2.32. The molecule has 130 valence electrons. The number of hydrogen-bond donors (Lipinski definition) is 0. The molecule has 0 spiro atoms. The Morgan fingerprint density at radius 1 is 1.27 bits per heavy atom. The van der Waals surface area contributed by atoms with Crippen molar-refractivity contribution in [3.05, 3.63) is 59.1 Å². The molecule has 0 bridgehead atoms. The molecule has 0 unspecified atom stereocenters. The minimum Gasteiger partial charge on any atom is -0.484 e. The van der Waals surface area contributed by atoms with Crippen LogP contribution in [0.25, 0.3) is 10.2 Å². The van der Waals surface area contributed by atoms with Crippen molar-refractivity contribution in [3.63, 3.8) is 0 Å². The zero-order valence-electron chi connectivity index (χ0n) is 14.1. The lowest BCUT2D eigenvalue weighted by Crippen LogP contribution is -2.34. The summed E-state index contributed by atoms with van der Waals surface area (Å²) in [6.45, 7) is 0.726. The Morgan fingerprint density at radius 2 is 2.08 bits per heavy atom. The van der Waals surface area contributed by atoms with E-state index in [4.69, 9.17) is 15.0 Å². The molecular weight excluding hydrogens is 346 g/mol. The normalized spacial score (nSPS) is 16.6. The van der Waals surface area contributed by atoms with Crippen LogP contribution in [0.4, 0.5) is 0 Å². The van der Waals surface area contributed by atoms with E-state index >= 15 is 0 Å². The highest BCUT2D eigenvalue weighted by atomic mass is 32.1. The molecule has 4 rings (SSSR count). The van der Waals surface area contributed by atoms with Crippen molar-refractivity contribution in [1.29, 1.82) is 5.26 Å². The van der Waals surface area contributed by atoms with Crippen molar-refractivity contribution < 1.29 is 9.53 Å². The van der Waals surface area contributed by atoms with E-state index in [0.717, 1.165) is 34.6 Å². The fourth-order valence-corrected chi connectivity index (χ4v) is 4.32. The molecule has 2 aromatic carbocycles. The summed E-state index contributed by atoms with van der Waals surface area (Å²) in [5.41, 5.74) is 1.56. The number of hydrogen-bond acceptors (Lipinski definition) is 5. The van der Waals surface area contributed by atoms with Gasteiger partial charge in [-0.15, -0.1) is 11.3 Å². The number of carbonyl (C=O) groups is 1. The summed E-state index contributed by atoms with van der Waals surface area (Å²) >= 11 is 1.66. The minimum atomic E-state index is -0.0314.